The van der Waals surface area contributed by atoms with Crippen LogP contribution in [0, 0.1) is 11.6 Å². The second-order valence-corrected chi connectivity index (χ2v) is 6.77. The van der Waals surface area contributed by atoms with Gasteiger partial charge in [-0.15, -0.1) is 0 Å². The van der Waals surface area contributed by atoms with Gasteiger partial charge in [0.1, 0.15) is 29.9 Å². The van der Waals surface area contributed by atoms with E-state index in [1.165, 1.54) is 23.4 Å². The van der Waals surface area contributed by atoms with Crippen LogP contribution >= 0.6 is 0 Å². The number of rotatable bonds is 6. The van der Waals surface area contributed by atoms with E-state index in [-0.39, 0.29) is 12.1 Å². The molecule has 4 rings (SSSR count). The van der Waals surface area contributed by atoms with Crippen molar-refractivity contribution < 1.29 is 13.9 Å². The Bertz CT molecular complexity index is 1080. The van der Waals surface area contributed by atoms with Crippen molar-refractivity contribution in [3.63, 3.8) is 0 Å². The lowest BCUT2D eigenvalue weighted by atomic mass is 9.79. The van der Waals surface area contributed by atoms with Crippen LogP contribution < -0.4 is 0 Å². The maximum atomic E-state index is 14.6. The van der Waals surface area contributed by atoms with Crippen LogP contribution in [-0.2, 0) is 12.1 Å². The molecular formula is C20H18F2N6O. The Morgan fingerprint density at radius 1 is 1.14 bits per heavy atom. The van der Waals surface area contributed by atoms with Crippen molar-refractivity contribution in [2.75, 3.05) is 0 Å². The van der Waals surface area contributed by atoms with Crippen LogP contribution in [0.4, 0.5) is 8.78 Å². The van der Waals surface area contributed by atoms with E-state index in [0.717, 1.165) is 17.8 Å². The Balaban J connectivity index is 1.74. The second-order valence-electron chi connectivity index (χ2n) is 6.77. The molecular weight excluding hydrogens is 378 g/mol. The predicted octanol–water partition coefficient (Wildman–Crippen LogP) is 2.83. The summed E-state index contributed by atoms with van der Waals surface area (Å²) in [5.74, 6) is -2.19. The van der Waals surface area contributed by atoms with Gasteiger partial charge in [-0.25, -0.2) is 23.4 Å². The SMILES string of the molecule is CC(c1ccc(-n2ccnc2)cn1)C(O)(Cn1cncn1)c1ccc(F)cc1F. The molecule has 0 saturated carbocycles. The fourth-order valence-electron chi connectivity index (χ4n) is 3.32. The summed E-state index contributed by atoms with van der Waals surface area (Å²) in [6.07, 6.45) is 9.48. The molecule has 9 heteroatoms. The van der Waals surface area contributed by atoms with Crippen LogP contribution in [0.25, 0.3) is 5.69 Å². The lowest BCUT2D eigenvalue weighted by molar-refractivity contribution is -0.0123. The van der Waals surface area contributed by atoms with Gasteiger partial charge < -0.3 is 9.67 Å². The van der Waals surface area contributed by atoms with Crippen molar-refractivity contribution in [2.45, 2.75) is 25.0 Å². The number of aliphatic hydroxyl groups is 1. The molecule has 0 amide bonds. The minimum absolute atomic E-state index is 0.0395. The molecule has 148 valence electrons. The molecule has 7 nitrogen and oxygen atoms in total. The van der Waals surface area contributed by atoms with Crippen LogP contribution in [0.1, 0.15) is 24.1 Å². The Labute approximate surface area is 165 Å². The van der Waals surface area contributed by atoms with E-state index in [2.05, 4.69) is 20.1 Å². The van der Waals surface area contributed by atoms with Gasteiger partial charge in [0.2, 0.25) is 0 Å². The Hall–Kier alpha value is -3.46. The standard InChI is InChI=1S/C20H18F2N6O/c1-14(19-5-3-16(9-25-19)27-7-6-23-12-27)20(29,10-28-13-24-11-26-28)17-4-2-15(21)8-18(17)22/h2-9,11-14,29H,10H2,1H3. The molecule has 3 aromatic heterocycles. The third kappa shape index (κ3) is 3.64. The van der Waals surface area contributed by atoms with Crippen LogP contribution in [0.3, 0.4) is 0 Å². The molecule has 2 unspecified atom stereocenters. The number of hydrogen-bond acceptors (Lipinski definition) is 5. The average Bonchev–Trinajstić information content (AvgIpc) is 3.41. The highest BCUT2D eigenvalue weighted by molar-refractivity contribution is 5.34. The number of halogens is 2. The van der Waals surface area contributed by atoms with E-state index in [1.807, 2.05) is 6.07 Å². The lowest BCUT2D eigenvalue weighted by Gasteiger charge is -2.34. The van der Waals surface area contributed by atoms with Crippen molar-refractivity contribution in [3.8, 4) is 5.69 Å². The molecule has 0 aliphatic rings. The highest BCUT2D eigenvalue weighted by atomic mass is 19.1. The maximum Gasteiger partial charge on any atom is 0.137 e. The Morgan fingerprint density at radius 3 is 2.62 bits per heavy atom. The van der Waals surface area contributed by atoms with E-state index in [9.17, 15) is 13.9 Å². The number of benzene rings is 1. The van der Waals surface area contributed by atoms with E-state index in [0.29, 0.717) is 5.69 Å². The molecule has 1 N–H and O–H groups in total. The predicted molar refractivity (Wildman–Crippen MR) is 100 cm³/mol. The largest absolute Gasteiger partial charge is 0.382 e. The molecule has 0 aliphatic carbocycles. The number of pyridine rings is 1. The molecule has 0 aliphatic heterocycles. The van der Waals surface area contributed by atoms with Crippen LogP contribution in [0.5, 0.6) is 0 Å². The quantitative estimate of drug-likeness (QED) is 0.542. The van der Waals surface area contributed by atoms with Crippen molar-refractivity contribution in [1.82, 2.24) is 29.3 Å². The van der Waals surface area contributed by atoms with E-state index < -0.39 is 23.2 Å². The summed E-state index contributed by atoms with van der Waals surface area (Å²) in [4.78, 5) is 12.3. The first-order chi connectivity index (χ1) is 14.0. The first kappa shape index (κ1) is 18.9. The third-order valence-corrected chi connectivity index (χ3v) is 5.00. The molecule has 0 saturated heterocycles. The van der Waals surface area contributed by atoms with Crippen LogP contribution in [-0.4, -0.2) is 34.4 Å². The maximum absolute atomic E-state index is 14.6. The number of aromatic nitrogens is 6. The van der Waals surface area contributed by atoms with Crippen molar-refractivity contribution >= 4 is 0 Å². The lowest BCUT2D eigenvalue weighted by Crippen LogP contribution is -2.38. The molecule has 4 aromatic rings. The van der Waals surface area contributed by atoms with Gasteiger partial charge >= 0.3 is 0 Å². The van der Waals surface area contributed by atoms with E-state index >= 15 is 0 Å². The Kier molecular flexibility index (Phi) is 4.89. The number of imidazole rings is 1. The van der Waals surface area contributed by atoms with Crippen molar-refractivity contribution in [2.24, 2.45) is 0 Å². The van der Waals surface area contributed by atoms with Gasteiger partial charge in [-0.05, 0) is 18.2 Å². The van der Waals surface area contributed by atoms with Gasteiger partial charge in [0.05, 0.1) is 24.8 Å². The molecule has 0 bridgehead atoms. The molecule has 29 heavy (non-hydrogen) atoms. The second kappa shape index (κ2) is 7.51. The molecule has 0 spiro atoms. The zero-order valence-electron chi connectivity index (χ0n) is 15.5. The summed E-state index contributed by atoms with van der Waals surface area (Å²) < 4.78 is 31.3. The minimum atomic E-state index is -1.74. The monoisotopic (exact) mass is 396 g/mol. The fourth-order valence-corrected chi connectivity index (χ4v) is 3.32. The van der Waals surface area contributed by atoms with E-state index in [4.69, 9.17) is 0 Å². The fraction of sp³-hybridized carbons (Fsp3) is 0.200. The third-order valence-electron chi connectivity index (χ3n) is 5.00. The van der Waals surface area contributed by atoms with Crippen molar-refractivity contribution in [3.05, 3.63) is 90.8 Å². The van der Waals surface area contributed by atoms with E-state index in [1.54, 1.807) is 42.5 Å². The molecule has 1 aromatic carbocycles. The van der Waals surface area contributed by atoms with Crippen LogP contribution in [0.2, 0.25) is 0 Å². The summed E-state index contributed by atoms with van der Waals surface area (Å²) in [6, 6.07) is 6.71. The highest BCUT2D eigenvalue weighted by Crippen LogP contribution is 2.39. The Morgan fingerprint density at radius 2 is 2.00 bits per heavy atom. The van der Waals surface area contributed by atoms with Gasteiger partial charge in [-0.3, -0.25) is 4.98 Å². The summed E-state index contributed by atoms with van der Waals surface area (Å²) in [6.45, 7) is 1.65. The average molecular weight is 396 g/mol. The first-order valence-electron chi connectivity index (χ1n) is 8.92. The summed E-state index contributed by atoms with van der Waals surface area (Å²) in [7, 11) is 0. The zero-order valence-corrected chi connectivity index (χ0v) is 15.5. The number of hydrogen-bond donors (Lipinski definition) is 1. The molecule has 3 heterocycles. The smallest absolute Gasteiger partial charge is 0.137 e. The minimum Gasteiger partial charge on any atom is -0.382 e. The van der Waals surface area contributed by atoms with Gasteiger partial charge in [-0.1, -0.05) is 13.0 Å². The van der Waals surface area contributed by atoms with Gasteiger partial charge in [-0.2, -0.15) is 5.10 Å². The van der Waals surface area contributed by atoms with Crippen LogP contribution in [0.15, 0.2) is 67.9 Å². The van der Waals surface area contributed by atoms with Gasteiger partial charge in [0, 0.05) is 35.6 Å². The summed E-state index contributed by atoms with van der Waals surface area (Å²) >= 11 is 0. The highest BCUT2D eigenvalue weighted by Gasteiger charge is 2.40. The zero-order chi connectivity index (χ0) is 20.4. The normalized spacial score (nSPS) is 14.5. The van der Waals surface area contributed by atoms with Gasteiger partial charge in [0.15, 0.2) is 0 Å². The summed E-state index contributed by atoms with van der Waals surface area (Å²) in [5.41, 5.74) is -0.441. The van der Waals surface area contributed by atoms with Crippen molar-refractivity contribution in [1.29, 1.82) is 0 Å². The van der Waals surface area contributed by atoms with Gasteiger partial charge in [0.25, 0.3) is 0 Å². The molecule has 2 atom stereocenters. The summed E-state index contributed by atoms with van der Waals surface area (Å²) in [5, 5.41) is 15.6. The molecule has 0 radical (unpaired) electrons. The molecule has 0 fully saturated rings. The topological polar surface area (TPSA) is 81.6 Å². The first-order valence-corrected chi connectivity index (χ1v) is 8.92. The number of nitrogens with zero attached hydrogens (tertiary/aromatic N) is 6.